The minimum Gasteiger partial charge on any atom is -0.659 e. The van der Waals surface area contributed by atoms with Gasteiger partial charge in [-0.05, 0) is 0 Å². The van der Waals surface area contributed by atoms with Crippen molar-refractivity contribution >= 4 is 0 Å². The van der Waals surface area contributed by atoms with Crippen molar-refractivity contribution in [2.24, 2.45) is 5.92 Å². The Morgan fingerprint density at radius 1 is 1.30 bits per heavy atom. The second-order valence-corrected chi connectivity index (χ2v) is 3.21. The Labute approximate surface area is 77.6 Å². The molecule has 0 N–H and O–H groups in total. The topological polar surface area (TPSA) is 14.1 Å². The summed E-state index contributed by atoms with van der Waals surface area (Å²) in [6, 6.07) is 0.679. The molecule has 0 saturated carbocycles. The average Bonchev–Trinajstić information content (AvgIpc) is 1.90. The van der Waals surface area contributed by atoms with Crippen LogP contribution in [-0.4, -0.2) is 12.6 Å². The van der Waals surface area contributed by atoms with Gasteiger partial charge in [0, 0.05) is 20.4 Å². The Morgan fingerprint density at radius 2 is 2.00 bits per heavy atom. The molecule has 1 atom stereocenters. The smallest absolute Gasteiger partial charge is 0 e. The van der Waals surface area contributed by atoms with Crippen LogP contribution < -0.4 is 0 Å². The van der Waals surface area contributed by atoms with Gasteiger partial charge in [0.1, 0.15) is 0 Å². The minimum absolute atomic E-state index is 0. The van der Waals surface area contributed by atoms with Crippen molar-refractivity contribution in [2.45, 2.75) is 39.2 Å². The van der Waals surface area contributed by atoms with E-state index in [1.54, 1.807) is 0 Å². The first-order valence-electron chi connectivity index (χ1n) is 3.97. The molecule has 1 aliphatic heterocycles. The van der Waals surface area contributed by atoms with E-state index in [2.05, 4.69) is 19.2 Å². The molecule has 2 heteroatoms. The third-order valence-electron chi connectivity index (χ3n) is 2.04. The van der Waals surface area contributed by atoms with Gasteiger partial charge in [0.2, 0.25) is 0 Å². The molecule has 1 saturated heterocycles. The Bertz CT molecular complexity index is 77.3. The first-order valence-corrected chi connectivity index (χ1v) is 3.97. The normalized spacial score (nSPS) is 26.1. The van der Waals surface area contributed by atoms with Crippen LogP contribution in [0.5, 0.6) is 0 Å². The zero-order valence-electron chi connectivity index (χ0n) is 6.81. The molecule has 0 aromatic heterocycles. The van der Waals surface area contributed by atoms with Crippen LogP contribution in [0.25, 0.3) is 5.32 Å². The van der Waals surface area contributed by atoms with Crippen molar-refractivity contribution in [3.8, 4) is 0 Å². The third-order valence-corrected chi connectivity index (χ3v) is 2.04. The number of hydrogen-bond donors (Lipinski definition) is 0. The van der Waals surface area contributed by atoms with Crippen LogP contribution in [0, 0.1) is 5.92 Å². The van der Waals surface area contributed by atoms with Crippen molar-refractivity contribution < 1.29 is 20.4 Å². The Morgan fingerprint density at radius 3 is 2.30 bits per heavy atom. The molecule has 1 fully saturated rings. The number of piperidine rings is 1. The molecule has 61 valence electrons. The van der Waals surface area contributed by atoms with E-state index in [1.165, 1.54) is 19.3 Å². The maximum Gasteiger partial charge on any atom is 0 e. The van der Waals surface area contributed by atoms with Crippen molar-refractivity contribution in [2.75, 3.05) is 6.54 Å². The van der Waals surface area contributed by atoms with Gasteiger partial charge in [-0.3, -0.25) is 0 Å². The van der Waals surface area contributed by atoms with Gasteiger partial charge in [-0.25, -0.2) is 0 Å². The summed E-state index contributed by atoms with van der Waals surface area (Å²) in [5.41, 5.74) is 0. The van der Waals surface area contributed by atoms with Gasteiger partial charge in [-0.1, -0.05) is 39.0 Å². The van der Waals surface area contributed by atoms with E-state index in [4.69, 9.17) is 0 Å². The molecule has 1 unspecified atom stereocenters. The Balaban J connectivity index is 0.000000810. The fourth-order valence-corrected chi connectivity index (χ4v) is 1.36. The first-order chi connectivity index (χ1) is 4.30. The third kappa shape index (κ3) is 3.14. The van der Waals surface area contributed by atoms with E-state index < -0.39 is 0 Å². The molecular weight excluding hydrogens is 296 g/mol. The maximum atomic E-state index is 4.53. The van der Waals surface area contributed by atoms with E-state index in [1.807, 2.05) is 0 Å². The largest absolute Gasteiger partial charge is 0.659 e. The summed E-state index contributed by atoms with van der Waals surface area (Å²) in [4.78, 5) is 0. The second-order valence-electron chi connectivity index (χ2n) is 3.21. The molecule has 1 radical (unpaired) electrons. The van der Waals surface area contributed by atoms with Gasteiger partial charge in [0.15, 0.2) is 0 Å². The summed E-state index contributed by atoms with van der Waals surface area (Å²) in [5, 5.41) is 4.53. The molecule has 1 aliphatic rings. The summed E-state index contributed by atoms with van der Waals surface area (Å²) >= 11 is 0. The van der Waals surface area contributed by atoms with Crippen molar-refractivity contribution in [3.63, 3.8) is 0 Å². The summed E-state index contributed by atoms with van der Waals surface area (Å²) in [5.74, 6) is 0.769. The second kappa shape index (κ2) is 5.30. The summed E-state index contributed by atoms with van der Waals surface area (Å²) in [6.45, 7) is 5.64. The van der Waals surface area contributed by atoms with E-state index in [0.717, 1.165) is 12.5 Å². The molecule has 0 aromatic carbocycles. The number of nitrogens with zero attached hydrogens (tertiary/aromatic N) is 1. The summed E-state index contributed by atoms with van der Waals surface area (Å²) in [6.07, 6.45) is 4.05. The van der Waals surface area contributed by atoms with Gasteiger partial charge in [-0.15, -0.1) is 12.6 Å². The minimum atomic E-state index is 0. The Hall–Kier alpha value is 0.622. The molecule has 1 heterocycles. The molecule has 0 aromatic rings. The fourth-order valence-electron chi connectivity index (χ4n) is 1.36. The van der Waals surface area contributed by atoms with Gasteiger partial charge in [0.05, 0.1) is 0 Å². The van der Waals surface area contributed by atoms with Gasteiger partial charge in [0.25, 0.3) is 0 Å². The average molecular weight is 312 g/mol. The van der Waals surface area contributed by atoms with Gasteiger partial charge >= 0.3 is 0 Å². The van der Waals surface area contributed by atoms with Crippen molar-refractivity contribution in [3.05, 3.63) is 5.32 Å². The van der Waals surface area contributed by atoms with E-state index in [0.29, 0.717) is 6.04 Å². The number of hydrogen-bond acceptors (Lipinski definition) is 0. The van der Waals surface area contributed by atoms with Crippen LogP contribution in [0.4, 0.5) is 0 Å². The van der Waals surface area contributed by atoms with Crippen LogP contribution in [0.3, 0.4) is 0 Å². The monoisotopic (exact) mass is 313 g/mol. The maximum absolute atomic E-state index is 4.53. The molecule has 0 aliphatic carbocycles. The van der Waals surface area contributed by atoms with Gasteiger partial charge in [-0.2, -0.15) is 0 Å². The molecule has 0 spiro atoms. The molecule has 1 rings (SSSR count). The molecule has 1 nitrogen and oxygen atoms in total. The predicted octanol–water partition coefficient (Wildman–Crippen LogP) is 2.57. The molecule has 0 amide bonds. The van der Waals surface area contributed by atoms with Crippen LogP contribution in [0.15, 0.2) is 0 Å². The van der Waals surface area contributed by atoms with Crippen molar-refractivity contribution in [1.29, 1.82) is 0 Å². The fraction of sp³-hybridized carbons (Fsp3) is 1.00. The Kier molecular flexibility index (Phi) is 5.63. The predicted molar refractivity (Wildman–Crippen MR) is 40.7 cm³/mol. The molecule has 0 bridgehead atoms. The van der Waals surface area contributed by atoms with Crippen LogP contribution >= 0.6 is 0 Å². The first kappa shape index (κ1) is 10.6. The zero-order valence-corrected chi connectivity index (χ0v) is 9.52. The van der Waals surface area contributed by atoms with E-state index >= 15 is 0 Å². The zero-order chi connectivity index (χ0) is 6.69. The quantitative estimate of drug-likeness (QED) is 0.706. The van der Waals surface area contributed by atoms with Crippen LogP contribution in [0.1, 0.15) is 33.1 Å². The molecule has 10 heavy (non-hydrogen) atoms. The van der Waals surface area contributed by atoms with Crippen LogP contribution in [-0.2, 0) is 20.4 Å². The van der Waals surface area contributed by atoms with Crippen LogP contribution in [0.2, 0.25) is 0 Å². The van der Waals surface area contributed by atoms with E-state index in [-0.39, 0.29) is 20.4 Å². The van der Waals surface area contributed by atoms with E-state index in [9.17, 15) is 0 Å². The SMILES string of the molecule is CC(C)C1CCCC[N-]1.[Re]. The molecular formula is C8H16NRe-. The van der Waals surface area contributed by atoms with Gasteiger partial charge < -0.3 is 5.32 Å². The summed E-state index contributed by atoms with van der Waals surface area (Å²) in [7, 11) is 0. The number of rotatable bonds is 1. The van der Waals surface area contributed by atoms with Crippen molar-refractivity contribution in [1.82, 2.24) is 0 Å². The summed E-state index contributed by atoms with van der Waals surface area (Å²) < 4.78 is 0. The standard InChI is InChI=1S/C8H16N.Re/c1-7(2)8-5-3-4-6-9-8;/h7-8H,3-6H2,1-2H3;/q-1;.